The summed E-state index contributed by atoms with van der Waals surface area (Å²) in [4.78, 5) is 47.1. The number of hydrogen-bond acceptors (Lipinski definition) is 6. The molecular formula is C22H28N2O7. The average molecular weight is 432 g/mol. The quantitative estimate of drug-likeness (QED) is 0.487. The maximum Gasteiger partial charge on any atom is 0.336 e. The fourth-order valence-corrected chi connectivity index (χ4v) is 3.14. The number of hydrogen-bond donors (Lipinski definition) is 3. The van der Waals surface area contributed by atoms with E-state index in [1.54, 1.807) is 26.0 Å². The summed E-state index contributed by atoms with van der Waals surface area (Å²) in [7, 11) is 0. The van der Waals surface area contributed by atoms with Gasteiger partial charge in [-0.2, -0.15) is 0 Å². The first kappa shape index (κ1) is 23.9. The molecule has 2 atom stereocenters. The molecule has 2 aromatic rings. The molecule has 0 fully saturated rings. The first-order valence-corrected chi connectivity index (χ1v) is 10.2. The van der Waals surface area contributed by atoms with Gasteiger partial charge in [-0.3, -0.25) is 9.59 Å². The van der Waals surface area contributed by atoms with Crippen LogP contribution in [-0.4, -0.2) is 42.1 Å². The van der Waals surface area contributed by atoms with Crippen molar-refractivity contribution < 1.29 is 28.6 Å². The van der Waals surface area contributed by atoms with E-state index in [2.05, 4.69) is 10.6 Å². The van der Waals surface area contributed by atoms with E-state index in [0.29, 0.717) is 29.7 Å². The van der Waals surface area contributed by atoms with Gasteiger partial charge in [-0.15, -0.1) is 0 Å². The summed E-state index contributed by atoms with van der Waals surface area (Å²) < 4.78 is 10.8. The molecular weight excluding hydrogens is 404 g/mol. The van der Waals surface area contributed by atoms with Crippen LogP contribution in [0.4, 0.5) is 0 Å². The Bertz CT molecular complexity index is 1030. The highest BCUT2D eigenvalue weighted by Crippen LogP contribution is 2.28. The normalized spacial score (nSPS) is 12.8. The van der Waals surface area contributed by atoms with E-state index in [9.17, 15) is 24.3 Å². The molecule has 1 aromatic carbocycles. The molecule has 0 aliphatic carbocycles. The van der Waals surface area contributed by atoms with Gasteiger partial charge in [-0.25, -0.2) is 9.59 Å². The Morgan fingerprint density at radius 1 is 1.19 bits per heavy atom. The van der Waals surface area contributed by atoms with E-state index in [1.807, 2.05) is 13.8 Å². The van der Waals surface area contributed by atoms with Crippen LogP contribution in [0, 0.1) is 12.8 Å². The summed E-state index contributed by atoms with van der Waals surface area (Å²) in [6, 6.07) is 3.90. The molecule has 1 aromatic heterocycles. The van der Waals surface area contributed by atoms with E-state index in [-0.39, 0.29) is 19.1 Å². The van der Waals surface area contributed by atoms with Crippen LogP contribution in [0.3, 0.4) is 0 Å². The number of carboxylic acid groups (broad SMARTS) is 1. The van der Waals surface area contributed by atoms with Gasteiger partial charge in [0.15, 0.2) is 6.61 Å². The Morgan fingerprint density at radius 2 is 1.90 bits per heavy atom. The molecule has 0 aliphatic rings. The molecule has 0 aliphatic heterocycles. The fraction of sp³-hybridized carbons (Fsp3) is 0.455. The highest BCUT2D eigenvalue weighted by atomic mass is 16.5. The topological polar surface area (TPSA) is 135 Å². The van der Waals surface area contributed by atoms with Crippen molar-refractivity contribution in [2.24, 2.45) is 5.92 Å². The molecule has 3 N–H and O–H groups in total. The predicted molar refractivity (Wildman–Crippen MR) is 114 cm³/mol. The highest BCUT2D eigenvalue weighted by molar-refractivity contribution is 5.88. The number of aryl methyl sites for hydroxylation is 2. The highest BCUT2D eigenvalue weighted by Gasteiger charge is 2.25. The fourth-order valence-electron chi connectivity index (χ4n) is 3.14. The lowest BCUT2D eigenvalue weighted by atomic mass is 9.99. The Labute approximate surface area is 179 Å². The molecule has 0 unspecified atom stereocenters. The molecule has 2 amide bonds. The third-order valence-corrected chi connectivity index (χ3v) is 5.18. The Kier molecular flexibility index (Phi) is 8.18. The minimum absolute atomic E-state index is 0.246. The van der Waals surface area contributed by atoms with Crippen molar-refractivity contribution in [1.29, 1.82) is 0 Å². The number of benzene rings is 1. The van der Waals surface area contributed by atoms with Crippen molar-refractivity contribution in [2.75, 3.05) is 13.2 Å². The van der Waals surface area contributed by atoms with Crippen molar-refractivity contribution in [3.63, 3.8) is 0 Å². The summed E-state index contributed by atoms with van der Waals surface area (Å²) in [5.41, 5.74) is 1.41. The Balaban J connectivity index is 1.96. The number of fused-ring (bicyclic) bond motifs is 1. The number of carboxylic acids is 1. The van der Waals surface area contributed by atoms with E-state index >= 15 is 0 Å². The summed E-state index contributed by atoms with van der Waals surface area (Å²) in [5, 5.41) is 14.8. The molecule has 31 heavy (non-hydrogen) atoms. The standard InChI is InChI=1S/C22H28N2O7/c1-5-12(3)20(22(28)29)24-17(25)10-23-18(26)11-30-16-8-7-15-14(6-2)9-19(27)31-21(15)13(16)4/h7-9,12,20H,5-6,10-11H2,1-4H3,(H,23,26)(H,24,25)(H,28,29)/t12-,20-/m1/s1. The minimum atomic E-state index is -1.12. The average Bonchev–Trinajstić information content (AvgIpc) is 2.74. The lowest BCUT2D eigenvalue weighted by Gasteiger charge is -2.20. The molecule has 1 heterocycles. The number of nitrogens with one attached hydrogen (secondary N) is 2. The number of aliphatic carboxylic acids is 1. The monoisotopic (exact) mass is 432 g/mol. The number of carbonyl (C=O) groups excluding carboxylic acids is 2. The molecule has 9 nitrogen and oxygen atoms in total. The molecule has 0 saturated heterocycles. The number of carbonyl (C=O) groups is 3. The zero-order valence-corrected chi connectivity index (χ0v) is 18.1. The SMILES string of the molecule is CCc1cc(=O)oc2c(C)c(OCC(=O)NCC(=O)N[C@@H](C(=O)O)[C@H](C)CC)ccc12. The van der Waals surface area contributed by atoms with Crippen LogP contribution in [-0.2, 0) is 20.8 Å². The van der Waals surface area contributed by atoms with Gasteiger partial charge >= 0.3 is 11.6 Å². The van der Waals surface area contributed by atoms with E-state index < -0.39 is 29.5 Å². The first-order chi connectivity index (χ1) is 14.7. The molecule has 9 heteroatoms. The largest absolute Gasteiger partial charge is 0.483 e. The van der Waals surface area contributed by atoms with Gasteiger partial charge in [-0.1, -0.05) is 27.2 Å². The Morgan fingerprint density at radius 3 is 2.52 bits per heavy atom. The van der Waals surface area contributed by atoms with Crippen molar-refractivity contribution in [1.82, 2.24) is 10.6 Å². The number of rotatable bonds is 10. The van der Waals surface area contributed by atoms with Crippen molar-refractivity contribution >= 4 is 28.8 Å². The van der Waals surface area contributed by atoms with Gasteiger partial charge in [0.25, 0.3) is 5.91 Å². The van der Waals surface area contributed by atoms with Gasteiger partial charge in [0.2, 0.25) is 5.91 Å². The molecule has 0 radical (unpaired) electrons. The second-order valence-electron chi connectivity index (χ2n) is 7.34. The van der Waals surface area contributed by atoms with Crippen LogP contribution in [0.1, 0.15) is 38.3 Å². The van der Waals surface area contributed by atoms with Gasteiger partial charge in [0.05, 0.1) is 6.54 Å². The number of ether oxygens (including phenoxy) is 1. The van der Waals surface area contributed by atoms with Crippen LogP contribution in [0.5, 0.6) is 5.75 Å². The maximum absolute atomic E-state index is 12.1. The zero-order valence-electron chi connectivity index (χ0n) is 18.1. The van der Waals surface area contributed by atoms with E-state index in [0.717, 1.165) is 10.9 Å². The first-order valence-electron chi connectivity index (χ1n) is 10.2. The summed E-state index contributed by atoms with van der Waals surface area (Å²) in [5.74, 6) is -2.14. The van der Waals surface area contributed by atoms with Crippen LogP contribution in [0.25, 0.3) is 11.0 Å². The third-order valence-electron chi connectivity index (χ3n) is 5.18. The molecule has 168 valence electrons. The van der Waals surface area contributed by atoms with Gasteiger partial charge in [0.1, 0.15) is 17.4 Å². The van der Waals surface area contributed by atoms with Crippen LogP contribution < -0.4 is 21.0 Å². The Hall–Kier alpha value is -3.36. The molecule has 0 bridgehead atoms. The van der Waals surface area contributed by atoms with Gasteiger partial charge in [-0.05, 0) is 37.0 Å². The second-order valence-corrected chi connectivity index (χ2v) is 7.34. The molecule has 0 saturated carbocycles. The lowest BCUT2D eigenvalue weighted by molar-refractivity contribution is -0.143. The van der Waals surface area contributed by atoms with Crippen LogP contribution in [0.15, 0.2) is 27.4 Å². The van der Waals surface area contributed by atoms with Gasteiger partial charge < -0.3 is 24.9 Å². The van der Waals surface area contributed by atoms with Crippen molar-refractivity contribution in [3.05, 3.63) is 39.7 Å². The summed E-state index contributed by atoms with van der Waals surface area (Å²) in [6.45, 7) is 6.50. The molecule has 2 rings (SSSR count). The van der Waals surface area contributed by atoms with Crippen molar-refractivity contribution in [2.45, 2.75) is 46.6 Å². The minimum Gasteiger partial charge on any atom is -0.483 e. The second kappa shape index (κ2) is 10.6. The number of amides is 2. The lowest BCUT2D eigenvalue weighted by Crippen LogP contribution is -2.48. The molecule has 0 spiro atoms. The zero-order chi connectivity index (χ0) is 23.1. The predicted octanol–water partition coefficient (Wildman–Crippen LogP) is 1.77. The maximum atomic E-state index is 12.1. The van der Waals surface area contributed by atoms with Crippen LogP contribution >= 0.6 is 0 Å². The van der Waals surface area contributed by atoms with E-state index in [4.69, 9.17) is 9.15 Å². The smallest absolute Gasteiger partial charge is 0.336 e. The summed E-state index contributed by atoms with van der Waals surface area (Å²) >= 11 is 0. The summed E-state index contributed by atoms with van der Waals surface area (Å²) in [6.07, 6.45) is 1.26. The van der Waals surface area contributed by atoms with E-state index in [1.165, 1.54) is 6.07 Å². The van der Waals surface area contributed by atoms with Gasteiger partial charge in [0, 0.05) is 17.0 Å². The van der Waals surface area contributed by atoms with Crippen molar-refractivity contribution in [3.8, 4) is 5.75 Å². The third kappa shape index (κ3) is 6.07. The van der Waals surface area contributed by atoms with Crippen LogP contribution in [0.2, 0.25) is 0 Å².